The van der Waals surface area contributed by atoms with Crippen LogP contribution in [0.25, 0.3) is 6.08 Å². The van der Waals surface area contributed by atoms with Crippen molar-refractivity contribution in [1.82, 2.24) is 10.7 Å². The molecule has 168 valence electrons. The van der Waals surface area contributed by atoms with Crippen LogP contribution in [-0.4, -0.2) is 30.2 Å². The van der Waals surface area contributed by atoms with Crippen LogP contribution in [-0.2, 0) is 4.79 Å². The Morgan fingerprint density at radius 2 is 1.67 bits per heavy atom. The zero-order valence-corrected chi connectivity index (χ0v) is 20.6. The smallest absolute Gasteiger partial charge is 0.287 e. The van der Waals surface area contributed by atoms with Gasteiger partial charge in [0.05, 0.1) is 17.8 Å². The number of carbonyl (C=O) groups is 2. The first-order valence-electron chi connectivity index (χ1n) is 9.62. The molecule has 0 saturated heterocycles. The normalized spacial score (nSPS) is 11.3. The summed E-state index contributed by atoms with van der Waals surface area (Å²) in [6.07, 6.45) is 2.82. The SMILES string of the molecule is COc1c(Br)cc(/C=N/NC(=O)/C(=C\c2ccccc2)NC(=O)c2ccccc2)c(O)c1Br. The molecule has 33 heavy (non-hydrogen) atoms. The molecule has 0 saturated carbocycles. The van der Waals surface area contributed by atoms with Crippen molar-refractivity contribution in [2.45, 2.75) is 0 Å². The van der Waals surface area contributed by atoms with Gasteiger partial charge < -0.3 is 15.2 Å². The van der Waals surface area contributed by atoms with Crippen molar-refractivity contribution in [2.24, 2.45) is 5.10 Å². The molecule has 0 aromatic heterocycles. The minimum absolute atomic E-state index is 0.00789. The van der Waals surface area contributed by atoms with E-state index in [1.807, 2.05) is 18.2 Å². The molecule has 0 aliphatic carbocycles. The van der Waals surface area contributed by atoms with E-state index >= 15 is 0 Å². The first-order chi connectivity index (χ1) is 15.9. The van der Waals surface area contributed by atoms with Crippen molar-refractivity contribution in [2.75, 3.05) is 7.11 Å². The number of phenolic OH excluding ortho intramolecular Hbond substituents is 1. The minimum Gasteiger partial charge on any atom is -0.506 e. The van der Waals surface area contributed by atoms with E-state index in [1.165, 1.54) is 13.3 Å². The van der Waals surface area contributed by atoms with E-state index in [0.29, 0.717) is 25.8 Å². The summed E-state index contributed by atoms with van der Waals surface area (Å²) in [4.78, 5) is 25.4. The van der Waals surface area contributed by atoms with Crippen molar-refractivity contribution < 1.29 is 19.4 Å². The van der Waals surface area contributed by atoms with Gasteiger partial charge >= 0.3 is 0 Å². The van der Waals surface area contributed by atoms with Crippen molar-refractivity contribution in [3.8, 4) is 11.5 Å². The number of methoxy groups -OCH3 is 1. The van der Waals surface area contributed by atoms with Crippen molar-refractivity contribution in [3.05, 3.63) is 98.1 Å². The maximum Gasteiger partial charge on any atom is 0.287 e. The summed E-state index contributed by atoms with van der Waals surface area (Å²) in [5, 5.41) is 16.9. The van der Waals surface area contributed by atoms with Gasteiger partial charge in [0.15, 0.2) is 5.75 Å². The van der Waals surface area contributed by atoms with E-state index in [1.54, 1.807) is 54.6 Å². The van der Waals surface area contributed by atoms with E-state index in [0.717, 1.165) is 5.56 Å². The summed E-state index contributed by atoms with van der Waals surface area (Å²) in [5.41, 5.74) is 3.85. The fraction of sp³-hybridized carbons (Fsp3) is 0.0417. The molecule has 0 spiro atoms. The number of phenols is 1. The van der Waals surface area contributed by atoms with Crippen LogP contribution >= 0.6 is 31.9 Å². The highest BCUT2D eigenvalue weighted by molar-refractivity contribution is 9.11. The number of benzene rings is 3. The van der Waals surface area contributed by atoms with Crippen LogP contribution in [0.3, 0.4) is 0 Å². The molecule has 3 aromatic rings. The van der Waals surface area contributed by atoms with Gasteiger partial charge in [0, 0.05) is 11.1 Å². The molecule has 2 amide bonds. The third kappa shape index (κ3) is 6.30. The number of nitrogens with zero attached hydrogens (tertiary/aromatic N) is 1. The summed E-state index contributed by atoms with van der Waals surface area (Å²) in [5.74, 6) is -0.751. The zero-order chi connectivity index (χ0) is 23.8. The van der Waals surface area contributed by atoms with Crippen LogP contribution in [0.15, 0.2) is 86.5 Å². The molecule has 7 nitrogen and oxygen atoms in total. The maximum absolute atomic E-state index is 12.8. The molecule has 9 heteroatoms. The number of aromatic hydroxyl groups is 1. The molecule has 3 rings (SSSR count). The number of hydrogen-bond donors (Lipinski definition) is 3. The average molecular weight is 573 g/mol. The van der Waals surface area contributed by atoms with Gasteiger partial charge in [0.1, 0.15) is 15.9 Å². The van der Waals surface area contributed by atoms with E-state index in [-0.39, 0.29) is 11.4 Å². The maximum atomic E-state index is 12.8. The fourth-order valence-corrected chi connectivity index (χ4v) is 4.25. The molecule has 0 bridgehead atoms. The third-order valence-corrected chi connectivity index (χ3v) is 5.72. The summed E-state index contributed by atoms with van der Waals surface area (Å²) in [7, 11) is 1.47. The second-order valence-corrected chi connectivity index (χ2v) is 8.28. The number of carbonyl (C=O) groups excluding carboxylic acids is 2. The molecule has 0 fully saturated rings. The number of hydrogen-bond acceptors (Lipinski definition) is 5. The summed E-state index contributed by atoms with van der Waals surface area (Å²) in [6.45, 7) is 0. The van der Waals surface area contributed by atoms with Crippen molar-refractivity contribution in [1.29, 1.82) is 0 Å². The van der Waals surface area contributed by atoms with Gasteiger partial charge in [-0.25, -0.2) is 5.43 Å². The second-order valence-electron chi connectivity index (χ2n) is 6.63. The highest BCUT2D eigenvalue weighted by Crippen LogP contribution is 2.41. The number of nitrogens with one attached hydrogen (secondary N) is 2. The summed E-state index contributed by atoms with van der Waals surface area (Å²) >= 11 is 6.61. The molecule has 3 aromatic carbocycles. The van der Waals surface area contributed by atoms with Crippen LogP contribution in [0.2, 0.25) is 0 Å². The lowest BCUT2D eigenvalue weighted by molar-refractivity contribution is -0.117. The Morgan fingerprint density at radius 1 is 1.03 bits per heavy atom. The molecule has 3 N–H and O–H groups in total. The predicted octanol–water partition coefficient (Wildman–Crippen LogP) is 4.85. The van der Waals surface area contributed by atoms with Crippen LogP contribution < -0.4 is 15.5 Å². The standard InChI is InChI=1S/C24H19Br2N3O4/c1-33-22-18(25)13-17(21(30)20(22)26)14-27-29-24(32)19(12-15-8-4-2-5-9-15)28-23(31)16-10-6-3-7-11-16/h2-14,30H,1H3,(H,28,31)(H,29,32)/b19-12+,27-14+. The molecular formula is C24H19Br2N3O4. The van der Waals surface area contributed by atoms with Gasteiger partial charge in [0.2, 0.25) is 0 Å². The molecule has 0 heterocycles. The molecule has 0 aliphatic heterocycles. The van der Waals surface area contributed by atoms with Gasteiger partial charge in [-0.1, -0.05) is 48.5 Å². The molecule has 0 atom stereocenters. The van der Waals surface area contributed by atoms with Crippen molar-refractivity contribution >= 4 is 56.0 Å². The van der Waals surface area contributed by atoms with E-state index in [4.69, 9.17) is 4.74 Å². The minimum atomic E-state index is -0.634. The number of rotatable bonds is 7. The number of amides is 2. The van der Waals surface area contributed by atoms with Gasteiger partial charge in [-0.15, -0.1) is 0 Å². The lowest BCUT2D eigenvalue weighted by Gasteiger charge is -2.10. The highest BCUT2D eigenvalue weighted by Gasteiger charge is 2.16. The molecule has 0 unspecified atom stereocenters. The van der Waals surface area contributed by atoms with Crippen LogP contribution in [0.1, 0.15) is 21.5 Å². The van der Waals surface area contributed by atoms with E-state index in [9.17, 15) is 14.7 Å². The molecule has 0 radical (unpaired) electrons. The number of halogens is 2. The summed E-state index contributed by atoms with van der Waals surface area (Å²) in [6, 6.07) is 19.2. The first-order valence-corrected chi connectivity index (χ1v) is 11.2. The second kappa shape index (κ2) is 11.4. The van der Waals surface area contributed by atoms with Crippen molar-refractivity contribution in [3.63, 3.8) is 0 Å². The van der Waals surface area contributed by atoms with Gasteiger partial charge in [-0.05, 0) is 61.7 Å². The Labute approximate surface area is 207 Å². The summed E-state index contributed by atoms with van der Waals surface area (Å²) < 4.78 is 6.13. The topological polar surface area (TPSA) is 100 Å². The van der Waals surface area contributed by atoms with Gasteiger partial charge in [0.25, 0.3) is 11.8 Å². The monoisotopic (exact) mass is 571 g/mol. The molecule has 0 aliphatic rings. The Morgan fingerprint density at radius 3 is 2.30 bits per heavy atom. The average Bonchev–Trinajstić information content (AvgIpc) is 2.83. The third-order valence-electron chi connectivity index (χ3n) is 4.39. The van der Waals surface area contributed by atoms with E-state index in [2.05, 4.69) is 47.7 Å². The zero-order valence-electron chi connectivity index (χ0n) is 17.4. The lowest BCUT2D eigenvalue weighted by Crippen LogP contribution is -2.32. The van der Waals surface area contributed by atoms with Gasteiger partial charge in [-0.2, -0.15) is 5.10 Å². The Balaban J connectivity index is 1.82. The van der Waals surface area contributed by atoms with Gasteiger partial charge in [-0.3, -0.25) is 9.59 Å². The first kappa shape index (κ1) is 24.2. The number of ether oxygens (including phenoxy) is 1. The van der Waals surface area contributed by atoms with Crippen LogP contribution in [0.4, 0.5) is 0 Å². The highest BCUT2D eigenvalue weighted by atomic mass is 79.9. The predicted molar refractivity (Wildman–Crippen MR) is 134 cm³/mol. The van der Waals surface area contributed by atoms with Crippen LogP contribution in [0.5, 0.6) is 11.5 Å². The largest absolute Gasteiger partial charge is 0.506 e. The van der Waals surface area contributed by atoms with Crippen LogP contribution in [0, 0.1) is 0 Å². The Kier molecular flexibility index (Phi) is 8.39. The fourth-order valence-electron chi connectivity index (χ4n) is 2.77. The Hall–Kier alpha value is -3.43. The lowest BCUT2D eigenvalue weighted by atomic mass is 10.1. The van der Waals surface area contributed by atoms with E-state index < -0.39 is 11.8 Å². The molecular weight excluding hydrogens is 554 g/mol. The Bertz CT molecular complexity index is 1210. The quantitative estimate of drug-likeness (QED) is 0.214. The number of hydrazone groups is 1.